The van der Waals surface area contributed by atoms with Crippen LogP contribution in [0, 0.1) is 13.8 Å². The normalized spacial score (nSPS) is 11.9. The Morgan fingerprint density at radius 1 is 0.333 bits per heavy atom. The van der Waals surface area contributed by atoms with Crippen molar-refractivity contribution in [2.75, 3.05) is 9.80 Å². The van der Waals surface area contributed by atoms with E-state index in [1.54, 1.807) is 0 Å². The summed E-state index contributed by atoms with van der Waals surface area (Å²) in [6, 6.07) is 73.8. The first-order valence-electron chi connectivity index (χ1n) is 20.9. The van der Waals surface area contributed by atoms with E-state index in [9.17, 15) is 0 Å². The first kappa shape index (κ1) is 34.4. The molecular weight excluding hydrogens is 727 g/mol. The summed E-state index contributed by atoms with van der Waals surface area (Å²) >= 11 is 0. The molecule has 0 amide bonds. The van der Waals surface area contributed by atoms with Gasteiger partial charge in [0.25, 0.3) is 0 Å². The minimum absolute atomic E-state index is 0.671. The highest BCUT2D eigenvalue weighted by Crippen LogP contribution is 2.51. The van der Waals surface area contributed by atoms with Gasteiger partial charge in [-0.25, -0.2) is 0 Å². The predicted molar refractivity (Wildman–Crippen MR) is 256 cm³/mol. The molecule has 11 aromatic carbocycles. The van der Waals surface area contributed by atoms with Gasteiger partial charge in [0.2, 0.25) is 0 Å². The van der Waals surface area contributed by atoms with E-state index in [-0.39, 0.29) is 0 Å². The van der Waals surface area contributed by atoms with Crippen LogP contribution in [-0.2, 0) is 6.54 Å². The Morgan fingerprint density at radius 3 is 1.10 bits per heavy atom. The molecule has 0 unspecified atom stereocenters. The van der Waals surface area contributed by atoms with Crippen LogP contribution >= 0.6 is 0 Å². The van der Waals surface area contributed by atoms with Crippen LogP contribution in [0.3, 0.4) is 0 Å². The number of hydrogen-bond donors (Lipinski definition) is 0. The largest absolute Gasteiger partial charge is 0.308 e. The molecule has 3 heteroatoms. The Morgan fingerprint density at radius 2 is 0.683 bits per heavy atom. The summed E-state index contributed by atoms with van der Waals surface area (Å²) in [6.45, 7) is 5.30. The first-order chi connectivity index (χ1) is 29.6. The highest BCUT2D eigenvalue weighted by molar-refractivity contribution is 6.27. The van der Waals surface area contributed by atoms with E-state index in [1.165, 1.54) is 81.3 Å². The maximum atomic E-state index is 2.58. The molecule has 12 aromatic rings. The lowest BCUT2D eigenvalue weighted by atomic mass is 9.93. The zero-order chi connectivity index (χ0) is 39.9. The van der Waals surface area contributed by atoms with Gasteiger partial charge in [-0.05, 0) is 121 Å². The average molecular weight is 768 g/mol. The minimum atomic E-state index is 0.671. The zero-order valence-corrected chi connectivity index (χ0v) is 33.6. The standard InChI is InChI=1S/C57H41N3/c1-37-38(2)57(60(47-22-10-5-11-23-47)51-35-31-45-27-25-41-17-13-19-43-29-33-49(51)55(45)53(41)43)58(36-39-14-6-3-7-15-39)56(37)59(46-20-8-4-9-21-46)50-34-30-44-26-24-40-16-12-18-42-28-32-48(50)54(44)52(40)42/h3-35H,36H2,1-2H3. The number of rotatable bonds is 8. The van der Waals surface area contributed by atoms with E-state index in [1.807, 2.05) is 0 Å². The molecule has 12 rings (SSSR count). The molecule has 0 radical (unpaired) electrons. The number of nitrogens with zero attached hydrogens (tertiary/aromatic N) is 3. The van der Waals surface area contributed by atoms with E-state index < -0.39 is 0 Å². The molecule has 0 spiro atoms. The van der Waals surface area contributed by atoms with Gasteiger partial charge in [0.15, 0.2) is 0 Å². The SMILES string of the molecule is Cc1c(C)c(N(c2ccccc2)c2ccc3ccc4cccc5ccc2c3c45)n(Cc2ccccc2)c1N(c1ccccc1)c1ccc2ccc3cccc4ccc1c2c34. The molecule has 60 heavy (non-hydrogen) atoms. The third-order valence-corrected chi connectivity index (χ3v) is 12.9. The number of aromatic nitrogens is 1. The van der Waals surface area contributed by atoms with Crippen molar-refractivity contribution in [1.82, 2.24) is 4.57 Å². The topological polar surface area (TPSA) is 11.4 Å². The van der Waals surface area contributed by atoms with Gasteiger partial charge < -0.3 is 4.57 Å². The highest BCUT2D eigenvalue weighted by atomic mass is 15.3. The quantitative estimate of drug-likeness (QED) is 0.143. The van der Waals surface area contributed by atoms with E-state index in [4.69, 9.17) is 0 Å². The van der Waals surface area contributed by atoms with E-state index >= 15 is 0 Å². The molecule has 0 aliphatic heterocycles. The lowest BCUT2D eigenvalue weighted by Gasteiger charge is -2.32. The predicted octanol–water partition coefficient (Wildman–Crippen LogP) is 15.9. The number of para-hydroxylation sites is 2. The van der Waals surface area contributed by atoms with Crippen LogP contribution < -0.4 is 9.80 Å². The van der Waals surface area contributed by atoms with Crippen molar-refractivity contribution in [3.05, 3.63) is 217 Å². The number of anilines is 6. The summed E-state index contributed by atoms with van der Waals surface area (Å²) in [6.07, 6.45) is 0. The Kier molecular flexibility index (Phi) is 7.73. The number of hydrogen-bond acceptors (Lipinski definition) is 2. The third kappa shape index (κ3) is 5.15. The Hall–Kier alpha value is -7.62. The maximum Gasteiger partial charge on any atom is 0.122 e. The maximum absolute atomic E-state index is 2.58. The van der Waals surface area contributed by atoms with Gasteiger partial charge in [-0.3, -0.25) is 9.80 Å². The molecule has 0 saturated heterocycles. The molecule has 0 bridgehead atoms. The van der Waals surface area contributed by atoms with Crippen LogP contribution in [0.4, 0.5) is 34.4 Å². The molecule has 284 valence electrons. The third-order valence-electron chi connectivity index (χ3n) is 12.9. The molecule has 1 heterocycles. The molecule has 3 nitrogen and oxygen atoms in total. The van der Waals surface area contributed by atoms with Crippen LogP contribution in [0.2, 0.25) is 0 Å². The van der Waals surface area contributed by atoms with Crippen molar-refractivity contribution < 1.29 is 0 Å². The van der Waals surface area contributed by atoms with Crippen molar-refractivity contribution in [2.24, 2.45) is 0 Å². The van der Waals surface area contributed by atoms with Crippen LogP contribution in [0.5, 0.6) is 0 Å². The summed E-state index contributed by atoms with van der Waals surface area (Å²) in [4.78, 5) is 5.04. The van der Waals surface area contributed by atoms with E-state index in [0.29, 0.717) is 6.54 Å². The lowest BCUT2D eigenvalue weighted by Crippen LogP contribution is -2.20. The Balaban J connectivity index is 1.19. The summed E-state index contributed by atoms with van der Waals surface area (Å²) in [5.41, 5.74) is 8.24. The van der Waals surface area contributed by atoms with Crippen molar-refractivity contribution in [2.45, 2.75) is 20.4 Å². The first-order valence-corrected chi connectivity index (χ1v) is 20.9. The highest BCUT2D eigenvalue weighted by Gasteiger charge is 2.31. The van der Waals surface area contributed by atoms with Gasteiger partial charge in [0, 0.05) is 22.1 Å². The molecule has 0 aliphatic rings. The van der Waals surface area contributed by atoms with Gasteiger partial charge in [0.1, 0.15) is 11.6 Å². The summed E-state index contributed by atoms with van der Waals surface area (Å²) in [5, 5.41) is 15.3. The molecule has 0 N–H and O–H groups in total. The van der Waals surface area contributed by atoms with Crippen molar-refractivity contribution in [1.29, 1.82) is 0 Å². The fourth-order valence-electron chi connectivity index (χ4n) is 10.1. The molecule has 0 aliphatic carbocycles. The summed E-state index contributed by atoms with van der Waals surface area (Å²) < 4.78 is 2.58. The Bertz CT molecular complexity index is 3290. The minimum Gasteiger partial charge on any atom is -0.308 e. The van der Waals surface area contributed by atoms with Crippen LogP contribution in [0.15, 0.2) is 200 Å². The fraction of sp³-hybridized carbons (Fsp3) is 0.0526. The molecular formula is C57H41N3. The van der Waals surface area contributed by atoms with Gasteiger partial charge in [0.05, 0.1) is 17.9 Å². The van der Waals surface area contributed by atoms with E-state index in [2.05, 4.69) is 228 Å². The van der Waals surface area contributed by atoms with E-state index in [0.717, 1.165) is 34.4 Å². The zero-order valence-electron chi connectivity index (χ0n) is 33.6. The van der Waals surface area contributed by atoms with Gasteiger partial charge in [-0.2, -0.15) is 0 Å². The summed E-state index contributed by atoms with van der Waals surface area (Å²) in [5.74, 6) is 2.29. The van der Waals surface area contributed by atoms with Crippen LogP contribution in [-0.4, -0.2) is 4.57 Å². The monoisotopic (exact) mass is 767 g/mol. The smallest absolute Gasteiger partial charge is 0.122 e. The van der Waals surface area contributed by atoms with Crippen molar-refractivity contribution in [3.63, 3.8) is 0 Å². The van der Waals surface area contributed by atoms with Crippen LogP contribution in [0.1, 0.15) is 16.7 Å². The second kappa shape index (κ2) is 13.5. The molecule has 0 saturated carbocycles. The average Bonchev–Trinajstić information content (AvgIpc) is 3.53. The lowest BCUT2D eigenvalue weighted by molar-refractivity contribution is 0.796. The van der Waals surface area contributed by atoms with Gasteiger partial charge in [-0.15, -0.1) is 0 Å². The second-order valence-electron chi connectivity index (χ2n) is 16.2. The van der Waals surface area contributed by atoms with Crippen molar-refractivity contribution in [3.8, 4) is 0 Å². The van der Waals surface area contributed by atoms with Gasteiger partial charge >= 0.3 is 0 Å². The summed E-state index contributed by atoms with van der Waals surface area (Å²) in [7, 11) is 0. The van der Waals surface area contributed by atoms with Crippen LogP contribution in [0.25, 0.3) is 64.6 Å². The Labute approximate surface area is 349 Å². The number of benzene rings is 11. The van der Waals surface area contributed by atoms with Gasteiger partial charge in [-0.1, -0.05) is 164 Å². The molecule has 1 aromatic heterocycles. The molecule has 0 atom stereocenters. The molecule has 0 fully saturated rings. The fourth-order valence-corrected chi connectivity index (χ4v) is 10.1. The van der Waals surface area contributed by atoms with Crippen molar-refractivity contribution >= 4 is 99.0 Å². The second-order valence-corrected chi connectivity index (χ2v) is 16.2.